The second-order valence-electron chi connectivity index (χ2n) is 5.03. The molecule has 0 radical (unpaired) electrons. The highest BCUT2D eigenvalue weighted by molar-refractivity contribution is 6.30. The molecule has 1 aromatic rings. The quantitative estimate of drug-likeness (QED) is 0.662. The molecule has 1 saturated heterocycles. The summed E-state index contributed by atoms with van der Waals surface area (Å²) in [6.45, 7) is 6.36. The highest BCUT2D eigenvalue weighted by Gasteiger charge is 2.12. The van der Waals surface area contributed by atoms with Crippen molar-refractivity contribution < 1.29 is 4.74 Å². The Labute approximate surface area is 120 Å². The number of likely N-dealkylation sites (N-methyl/N-ethyl adjacent to an activating group) is 1. The van der Waals surface area contributed by atoms with Crippen molar-refractivity contribution in [1.29, 1.82) is 0 Å². The SMILES string of the molecule is CN1CCN(CCCOc2cc(Cl)ccc2N)CC1. The average Bonchev–Trinajstić information content (AvgIpc) is 2.40. The third kappa shape index (κ3) is 4.56. The molecule has 2 rings (SSSR count). The van der Waals surface area contributed by atoms with E-state index in [1.54, 1.807) is 18.2 Å². The molecule has 0 aromatic heterocycles. The number of rotatable bonds is 5. The molecule has 0 saturated carbocycles. The number of hydrogen-bond donors (Lipinski definition) is 1. The van der Waals surface area contributed by atoms with Crippen LogP contribution >= 0.6 is 11.6 Å². The van der Waals surface area contributed by atoms with Crippen LogP contribution in [0.5, 0.6) is 5.75 Å². The van der Waals surface area contributed by atoms with Gasteiger partial charge >= 0.3 is 0 Å². The molecule has 0 unspecified atom stereocenters. The molecule has 1 heterocycles. The number of nitrogen functional groups attached to an aromatic ring is 1. The molecule has 2 N–H and O–H groups in total. The first-order valence-electron chi connectivity index (χ1n) is 6.74. The van der Waals surface area contributed by atoms with Gasteiger partial charge in [0, 0.05) is 43.8 Å². The molecule has 0 aliphatic carbocycles. The number of nitrogens with two attached hydrogens (primary N) is 1. The van der Waals surface area contributed by atoms with Crippen LogP contribution in [0.4, 0.5) is 5.69 Å². The summed E-state index contributed by atoms with van der Waals surface area (Å²) in [6, 6.07) is 5.32. The lowest BCUT2D eigenvalue weighted by Crippen LogP contribution is -2.44. The third-order valence-electron chi connectivity index (χ3n) is 3.45. The van der Waals surface area contributed by atoms with Gasteiger partial charge in [0.1, 0.15) is 5.75 Å². The zero-order valence-corrected chi connectivity index (χ0v) is 12.2. The topological polar surface area (TPSA) is 41.7 Å². The van der Waals surface area contributed by atoms with E-state index in [4.69, 9.17) is 22.1 Å². The number of anilines is 1. The Bertz CT molecular complexity index is 406. The Balaban J connectivity index is 1.68. The lowest BCUT2D eigenvalue weighted by Gasteiger charge is -2.32. The van der Waals surface area contributed by atoms with Gasteiger partial charge in [-0.1, -0.05) is 11.6 Å². The Morgan fingerprint density at radius 2 is 2.00 bits per heavy atom. The van der Waals surface area contributed by atoms with Gasteiger partial charge in [0.05, 0.1) is 12.3 Å². The molecule has 0 atom stereocenters. The minimum Gasteiger partial charge on any atom is -0.491 e. The number of halogens is 1. The van der Waals surface area contributed by atoms with Gasteiger partial charge in [0.15, 0.2) is 0 Å². The fraction of sp³-hybridized carbons (Fsp3) is 0.571. The van der Waals surface area contributed by atoms with Crippen LogP contribution in [-0.2, 0) is 0 Å². The first-order valence-corrected chi connectivity index (χ1v) is 7.11. The van der Waals surface area contributed by atoms with E-state index in [1.165, 1.54) is 0 Å². The number of nitrogens with zero attached hydrogens (tertiary/aromatic N) is 2. The highest BCUT2D eigenvalue weighted by Crippen LogP contribution is 2.25. The van der Waals surface area contributed by atoms with E-state index in [-0.39, 0.29) is 0 Å². The van der Waals surface area contributed by atoms with Crippen molar-refractivity contribution in [1.82, 2.24) is 9.80 Å². The van der Waals surface area contributed by atoms with E-state index in [9.17, 15) is 0 Å². The van der Waals surface area contributed by atoms with Crippen LogP contribution < -0.4 is 10.5 Å². The molecule has 5 heteroatoms. The molecule has 4 nitrogen and oxygen atoms in total. The van der Waals surface area contributed by atoms with Crippen molar-refractivity contribution in [3.05, 3.63) is 23.2 Å². The van der Waals surface area contributed by atoms with E-state index in [2.05, 4.69) is 16.8 Å². The van der Waals surface area contributed by atoms with Gasteiger partial charge in [-0.05, 0) is 25.6 Å². The third-order valence-corrected chi connectivity index (χ3v) is 3.68. The van der Waals surface area contributed by atoms with Crippen molar-refractivity contribution in [3.8, 4) is 5.75 Å². The molecular formula is C14H22ClN3O. The molecule has 19 heavy (non-hydrogen) atoms. The Morgan fingerprint density at radius 1 is 1.26 bits per heavy atom. The largest absolute Gasteiger partial charge is 0.491 e. The summed E-state index contributed by atoms with van der Waals surface area (Å²) in [7, 11) is 2.17. The van der Waals surface area contributed by atoms with Crippen molar-refractivity contribution in [2.45, 2.75) is 6.42 Å². The van der Waals surface area contributed by atoms with E-state index in [1.807, 2.05) is 0 Å². The molecule has 0 spiro atoms. The van der Waals surface area contributed by atoms with Crippen LogP contribution in [0.15, 0.2) is 18.2 Å². The van der Waals surface area contributed by atoms with E-state index in [0.717, 1.165) is 39.1 Å². The molecule has 1 aliphatic heterocycles. The second kappa shape index (κ2) is 6.98. The van der Waals surface area contributed by atoms with Gasteiger partial charge in [-0.25, -0.2) is 0 Å². The van der Waals surface area contributed by atoms with Gasteiger partial charge in [0.2, 0.25) is 0 Å². The standard InChI is InChI=1S/C14H22ClN3O/c1-17-6-8-18(9-7-17)5-2-10-19-14-11-12(15)3-4-13(14)16/h3-4,11H,2,5-10,16H2,1H3. The van der Waals surface area contributed by atoms with Crippen molar-refractivity contribution >= 4 is 17.3 Å². The minimum atomic E-state index is 0.643. The maximum atomic E-state index is 5.92. The first-order chi connectivity index (χ1) is 9.15. The summed E-state index contributed by atoms with van der Waals surface area (Å²) >= 11 is 5.92. The van der Waals surface area contributed by atoms with Gasteiger partial charge in [-0.15, -0.1) is 0 Å². The molecule has 1 fully saturated rings. The van der Waals surface area contributed by atoms with Crippen LogP contribution in [0.3, 0.4) is 0 Å². The summed E-state index contributed by atoms with van der Waals surface area (Å²) in [5, 5.41) is 0.656. The van der Waals surface area contributed by atoms with Crippen LogP contribution in [-0.4, -0.2) is 56.2 Å². The molecule has 0 bridgehead atoms. The van der Waals surface area contributed by atoms with Crippen molar-refractivity contribution in [3.63, 3.8) is 0 Å². The second-order valence-corrected chi connectivity index (χ2v) is 5.47. The van der Waals surface area contributed by atoms with Gasteiger partial charge in [0.25, 0.3) is 0 Å². The van der Waals surface area contributed by atoms with Crippen LogP contribution in [0.1, 0.15) is 6.42 Å². The van der Waals surface area contributed by atoms with Crippen LogP contribution in [0.2, 0.25) is 5.02 Å². The molecule has 1 aliphatic rings. The Morgan fingerprint density at radius 3 is 2.74 bits per heavy atom. The predicted molar refractivity (Wildman–Crippen MR) is 79.9 cm³/mol. The maximum absolute atomic E-state index is 5.92. The van der Waals surface area contributed by atoms with E-state index < -0.39 is 0 Å². The van der Waals surface area contributed by atoms with E-state index in [0.29, 0.717) is 23.1 Å². The lowest BCUT2D eigenvalue weighted by atomic mass is 10.3. The Hall–Kier alpha value is -0.970. The molecule has 1 aromatic carbocycles. The van der Waals surface area contributed by atoms with Gasteiger partial charge in [-0.2, -0.15) is 0 Å². The fourth-order valence-electron chi connectivity index (χ4n) is 2.17. The zero-order valence-electron chi connectivity index (χ0n) is 11.4. The number of hydrogen-bond acceptors (Lipinski definition) is 4. The fourth-order valence-corrected chi connectivity index (χ4v) is 2.34. The Kier molecular flexibility index (Phi) is 5.31. The maximum Gasteiger partial charge on any atom is 0.143 e. The smallest absolute Gasteiger partial charge is 0.143 e. The van der Waals surface area contributed by atoms with Crippen LogP contribution in [0.25, 0.3) is 0 Å². The summed E-state index contributed by atoms with van der Waals surface area (Å²) in [6.07, 6.45) is 1.01. The highest BCUT2D eigenvalue weighted by atomic mass is 35.5. The predicted octanol–water partition coefficient (Wildman–Crippen LogP) is 1.94. The summed E-state index contributed by atoms with van der Waals surface area (Å²) in [5.41, 5.74) is 6.47. The molecule has 106 valence electrons. The monoisotopic (exact) mass is 283 g/mol. The van der Waals surface area contributed by atoms with Crippen molar-refractivity contribution in [2.24, 2.45) is 0 Å². The zero-order chi connectivity index (χ0) is 13.7. The first kappa shape index (κ1) is 14.4. The lowest BCUT2D eigenvalue weighted by molar-refractivity contribution is 0.145. The van der Waals surface area contributed by atoms with Crippen molar-refractivity contribution in [2.75, 3.05) is 52.1 Å². The summed E-state index contributed by atoms with van der Waals surface area (Å²) < 4.78 is 5.68. The minimum absolute atomic E-state index is 0.643. The number of ether oxygens (including phenoxy) is 1. The van der Waals surface area contributed by atoms with Gasteiger partial charge in [-0.3, -0.25) is 0 Å². The number of piperazine rings is 1. The normalized spacial score (nSPS) is 17.6. The summed E-state index contributed by atoms with van der Waals surface area (Å²) in [4.78, 5) is 4.84. The average molecular weight is 284 g/mol. The molecule has 0 amide bonds. The summed E-state index contributed by atoms with van der Waals surface area (Å²) in [5.74, 6) is 0.686. The number of benzene rings is 1. The van der Waals surface area contributed by atoms with Gasteiger partial charge < -0.3 is 20.3 Å². The van der Waals surface area contributed by atoms with Crippen LogP contribution in [0, 0.1) is 0 Å². The van der Waals surface area contributed by atoms with E-state index >= 15 is 0 Å². The molecular weight excluding hydrogens is 262 g/mol.